The number of hydrogen-bond donors (Lipinski definition) is 0. The van der Waals surface area contributed by atoms with E-state index in [4.69, 9.17) is 0 Å². The molecule has 0 bridgehead atoms. The molecule has 180 valence electrons. The van der Waals surface area contributed by atoms with E-state index in [0.29, 0.717) is 0 Å². The Balaban J connectivity index is 1.85. The van der Waals surface area contributed by atoms with E-state index in [1.807, 2.05) is 30.3 Å². The molecule has 1 spiro atoms. The maximum atomic E-state index is 10.7. The molecule has 6 rings (SSSR count). The van der Waals surface area contributed by atoms with E-state index in [-0.39, 0.29) is 6.42 Å². The van der Waals surface area contributed by atoms with Gasteiger partial charge in [0.25, 0.3) is 0 Å². The molecule has 0 amide bonds. The van der Waals surface area contributed by atoms with E-state index in [1.165, 1.54) is 23.5 Å². The van der Waals surface area contributed by atoms with Gasteiger partial charge >= 0.3 is 0 Å². The van der Waals surface area contributed by atoms with Gasteiger partial charge < -0.3 is 0 Å². The van der Waals surface area contributed by atoms with Crippen molar-refractivity contribution >= 4 is 45.1 Å². The standard InChI is InChI=1S/C32H20N4S2/c1-20-14-22-8-3-5-10-24(22)26-27-25-11-6-4-9-23(25)15-21(2)29(27)38-32(37-28(20)26)13-7-12-30(16-33,17-34)31(32,18-35)19-36/h3-11,13-15H,12H2,1-2H3. The van der Waals surface area contributed by atoms with Crippen molar-refractivity contribution < 1.29 is 0 Å². The smallest absolute Gasteiger partial charge is 0.196 e. The van der Waals surface area contributed by atoms with Crippen LogP contribution in [0.25, 0.3) is 32.7 Å². The third kappa shape index (κ3) is 2.91. The second-order valence-corrected chi connectivity index (χ2v) is 12.6. The Hall–Kier alpha value is -4.20. The summed E-state index contributed by atoms with van der Waals surface area (Å²) in [7, 11) is 0. The SMILES string of the molecule is Cc1cc2ccccc2c2c1SC1(C=CCC(C#N)(C#N)C1(C#N)C#N)Sc1c(C)cc3ccccc3c1-2. The van der Waals surface area contributed by atoms with E-state index in [2.05, 4.69) is 74.5 Å². The molecular weight excluding hydrogens is 505 g/mol. The summed E-state index contributed by atoms with van der Waals surface area (Å²) in [6.07, 6.45) is 3.72. The molecule has 0 aromatic heterocycles. The molecule has 0 radical (unpaired) electrons. The van der Waals surface area contributed by atoms with Crippen molar-refractivity contribution in [1.29, 1.82) is 21.0 Å². The minimum Gasteiger partial charge on any atom is -0.196 e. The molecule has 1 aliphatic carbocycles. The number of nitriles is 4. The van der Waals surface area contributed by atoms with Crippen molar-refractivity contribution in [2.24, 2.45) is 10.8 Å². The van der Waals surface area contributed by atoms with Crippen LogP contribution in [0.3, 0.4) is 0 Å². The molecule has 2 aliphatic rings. The van der Waals surface area contributed by atoms with Gasteiger partial charge in [-0.25, -0.2) is 0 Å². The zero-order valence-electron chi connectivity index (χ0n) is 20.7. The van der Waals surface area contributed by atoms with Crippen molar-refractivity contribution in [3.63, 3.8) is 0 Å². The van der Waals surface area contributed by atoms with Crippen LogP contribution in [0.15, 0.2) is 82.6 Å². The molecule has 1 aliphatic heterocycles. The van der Waals surface area contributed by atoms with Gasteiger partial charge in [0.05, 0.1) is 24.3 Å². The van der Waals surface area contributed by atoms with Gasteiger partial charge in [-0.1, -0.05) is 96.3 Å². The van der Waals surface area contributed by atoms with Crippen molar-refractivity contribution in [2.45, 2.75) is 34.1 Å². The summed E-state index contributed by atoms with van der Waals surface area (Å²) in [5.74, 6) is 0. The van der Waals surface area contributed by atoms with Gasteiger partial charge in [-0.3, -0.25) is 0 Å². The van der Waals surface area contributed by atoms with Crippen LogP contribution >= 0.6 is 23.5 Å². The highest BCUT2D eigenvalue weighted by Crippen LogP contribution is 2.69. The number of fused-ring (bicyclic) bond motifs is 7. The number of aryl methyl sites for hydroxylation is 2. The van der Waals surface area contributed by atoms with E-state index in [1.54, 1.807) is 6.08 Å². The average Bonchev–Trinajstić information content (AvgIpc) is 3.10. The van der Waals surface area contributed by atoms with Crippen LogP contribution in [0.4, 0.5) is 0 Å². The molecule has 0 unspecified atom stereocenters. The zero-order chi connectivity index (χ0) is 26.7. The molecule has 4 aromatic carbocycles. The predicted molar refractivity (Wildman–Crippen MR) is 152 cm³/mol. The largest absolute Gasteiger partial charge is 0.203 e. The molecule has 1 heterocycles. The van der Waals surface area contributed by atoms with Crippen LogP contribution in [0.2, 0.25) is 0 Å². The van der Waals surface area contributed by atoms with Crippen LogP contribution in [-0.4, -0.2) is 4.08 Å². The highest BCUT2D eigenvalue weighted by Gasteiger charge is 2.68. The second kappa shape index (κ2) is 8.41. The first-order valence-corrected chi connectivity index (χ1v) is 13.8. The topological polar surface area (TPSA) is 95.2 Å². The number of rotatable bonds is 0. The lowest BCUT2D eigenvalue weighted by Gasteiger charge is -2.46. The van der Waals surface area contributed by atoms with E-state index in [9.17, 15) is 21.0 Å². The van der Waals surface area contributed by atoms with Crippen molar-refractivity contribution in [1.82, 2.24) is 0 Å². The molecule has 0 saturated carbocycles. The van der Waals surface area contributed by atoms with Crippen LogP contribution in [0.1, 0.15) is 17.5 Å². The van der Waals surface area contributed by atoms with Gasteiger partial charge in [0.2, 0.25) is 5.41 Å². The van der Waals surface area contributed by atoms with Gasteiger partial charge in [0.1, 0.15) is 4.08 Å². The quantitative estimate of drug-likeness (QED) is 0.215. The molecule has 4 nitrogen and oxygen atoms in total. The normalized spacial score (nSPS) is 17.8. The molecule has 0 fully saturated rings. The van der Waals surface area contributed by atoms with Crippen molar-refractivity contribution in [2.75, 3.05) is 0 Å². The monoisotopic (exact) mass is 524 g/mol. The Bertz CT molecular complexity index is 1770. The first-order chi connectivity index (χ1) is 18.4. The van der Waals surface area contributed by atoms with E-state index in [0.717, 1.165) is 53.6 Å². The Labute approximate surface area is 229 Å². The Kier molecular flexibility index (Phi) is 5.35. The lowest BCUT2D eigenvalue weighted by Crippen LogP contribution is -2.53. The summed E-state index contributed by atoms with van der Waals surface area (Å²) < 4.78 is -1.24. The van der Waals surface area contributed by atoms with Crippen LogP contribution in [0, 0.1) is 70.0 Å². The van der Waals surface area contributed by atoms with Gasteiger partial charge in [-0.15, -0.1) is 0 Å². The Morgan fingerprint density at radius 2 is 1.16 bits per heavy atom. The van der Waals surface area contributed by atoms with Gasteiger partial charge in [-0.2, -0.15) is 21.0 Å². The maximum Gasteiger partial charge on any atom is 0.203 e. The first kappa shape index (κ1) is 24.2. The molecule has 0 atom stereocenters. The second-order valence-electron chi connectivity index (χ2n) is 9.82. The summed E-state index contributed by atoms with van der Waals surface area (Å²) >= 11 is 2.87. The maximum absolute atomic E-state index is 10.7. The third-order valence-corrected chi connectivity index (χ3v) is 11.2. The number of allylic oxidation sites excluding steroid dienone is 1. The lowest BCUT2D eigenvalue weighted by atomic mass is 9.60. The number of thioether (sulfide) groups is 2. The summed E-state index contributed by atoms with van der Waals surface area (Å²) in [6, 6.07) is 29.5. The third-order valence-electron chi connectivity index (χ3n) is 7.77. The van der Waals surface area contributed by atoms with Crippen LogP contribution < -0.4 is 0 Å². The fraction of sp³-hybridized carbons (Fsp3) is 0.188. The van der Waals surface area contributed by atoms with Crippen LogP contribution in [-0.2, 0) is 0 Å². The van der Waals surface area contributed by atoms with Gasteiger partial charge in [0.15, 0.2) is 5.41 Å². The number of nitrogens with zero attached hydrogens (tertiary/aromatic N) is 4. The minimum atomic E-state index is -1.93. The van der Waals surface area contributed by atoms with Gasteiger partial charge in [0, 0.05) is 27.3 Å². The molecule has 38 heavy (non-hydrogen) atoms. The van der Waals surface area contributed by atoms with Crippen molar-refractivity contribution in [3.8, 4) is 35.4 Å². The lowest BCUT2D eigenvalue weighted by molar-refractivity contribution is 0.284. The Morgan fingerprint density at radius 1 is 0.684 bits per heavy atom. The van der Waals surface area contributed by atoms with Crippen molar-refractivity contribution in [3.05, 3.63) is 83.9 Å². The van der Waals surface area contributed by atoms with Crippen LogP contribution in [0.5, 0.6) is 0 Å². The fourth-order valence-corrected chi connectivity index (χ4v) is 9.37. The number of benzene rings is 4. The Morgan fingerprint density at radius 3 is 1.61 bits per heavy atom. The zero-order valence-corrected chi connectivity index (χ0v) is 22.4. The molecular formula is C32H20N4S2. The molecule has 6 heteroatoms. The highest BCUT2D eigenvalue weighted by molar-refractivity contribution is 8.19. The summed E-state index contributed by atoms with van der Waals surface area (Å²) in [6.45, 7) is 4.10. The average molecular weight is 525 g/mol. The highest BCUT2D eigenvalue weighted by atomic mass is 32.2. The fourth-order valence-electron chi connectivity index (χ4n) is 5.86. The predicted octanol–water partition coefficient (Wildman–Crippen LogP) is 8.20. The summed E-state index contributed by atoms with van der Waals surface area (Å²) in [4.78, 5) is 1.91. The minimum absolute atomic E-state index is 0.0249. The van der Waals surface area contributed by atoms with E-state index < -0.39 is 14.9 Å². The molecule has 0 saturated heterocycles. The summed E-state index contributed by atoms with van der Waals surface area (Å²) in [5, 5.41) is 46.3. The van der Waals surface area contributed by atoms with E-state index >= 15 is 0 Å². The summed E-state index contributed by atoms with van der Waals surface area (Å²) in [5.41, 5.74) is 0.422. The molecule has 0 N–H and O–H groups in total. The van der Waals surface area contributed by atoms with Gasteiger partial charge in [-0.05, 0) is 46.5 Å². The molecule has 4 aromatic rings. The number of hydrogen-bond acceptors (Lipinski definition) is 6. The first-order valence-electron chi connectivity index (χ1n) is 12.2.